The molecule has 0 nitrogen and oxygen atoms in total. The van der Waals surface area contributed by atoms with Gasteiger partial charge in [0.2, 0.25) is 0 Å². The van der Waals surface area contributed by atoms with Crippen molar-refractivity contribution in [1.29, 1.82) is 0 Å². The van der Waals surface area contributed by atoms with Gasteiger partial charge in [-0.15, -0.1) is 34.0 Å². The number of fused-ring (bicyclic) bond motifs is 24. The van der Waals surface area contributed by atoms with Crippen molar-refractivity contribution in [3.05, 3.63) is 579 Å². The standard InChI is InChI=1S/2C27H22.3C17H18.3C14H12S/c1-19-16-17-23-25(18-19)27(21-11-5-3-6-12-21,22-13-7-4-8-14-22)24-15-9-10-20(2)26(23)24;1-19-13-15-23-24-16-14-20(2)18-26(24)27(25(23)17-19,21-9-5-3-6-10-21)22-11-7-4-8-12-22;1-11-7-5-9-13-14-10-6-8-12(2)16(14)17(3,4)15(11)13;1-11-8-9-13-15(10-11)17(3,4)14-7-5-6-12(2)16(13)14;1-11-9-10-12(2)16-15(11)13-7-5-6-8-14(13)17(16,3)4;1-9-6-7-12-11(8-9)14-10(2)4-3-5-13(14)15-12;1-9-6-7-11-13(8-9)15-12-5-3-4-10(2)14(11)12;1-9-6-7-11-12-5-3-4-10(2)14(12)15-13(11)8-9/h2*3-18H,1-2H3;3*5-10H,1-4H3;3*3-8H,1-2H3. The first-order valence-corrected chi connectivity index (χ1v) is 55.7. The maximum absolute atomic E-state index is 2.38. The van der Waals surface area contributed by atoms with Crippen molar-refractivity contribution >= 4 is 94.5 Å². The largest absolute Gasteiger partial charge is 0.135 e. The smallest absolute Gasteiger partial charge is 0.0713 e. The van der Waals surface area contributed by atoms with Gasteiger partial charge in [-0.05, 0) is 342 Å². The minimum absolute atomic E-state index is 0.140. The molecule has 0 saturated heterocycles. The highest BCUT2D eigenvalue weighted by molar-refractivity contribution is 7.26. The lowest BCUT2D eigenvalue weighted by Gasteiger charge is -2.34. The van der Waals surface area contributed by atoms with Crippen molar-refractivity contribution < 1.29 is 0 Å². The summed E-state index contributed by atoms with van der Waals surface area (Å²) in [5.41, 5.74) is 55.5. The molecule has 20 aromatic carbocycles. The van der Waals surface area contributed by atoms with Crippen molar-refractivity contribution in [1.82, 2.24) is 0 Å². The van der Waals surface area contributed by atoms with Crippen LogP contribution < -0.4 is 0 Å². The van der Waals surface area contributed by atoms with E-state index in [2.05, 4.69) is 565 Å². The van der Waals surface area contributed by atoms with E-state index in [1.54, 1.807) is 0 Å². The fourth-order valence-electron chi connectivity index (χ4n) is 25.8. The topological polar surface area (TPSA) is 0 Å². The maximum atomic E-state index is 2.38. The number of hydrogen-bond acceptors (Lipinski definition) is 3. The van der Waals surface area contributed by atoms with Gasteiger partial charge in [0.05, 0.1) is 10.8 Å². The van der Waals surface area contributed by atoms with Gasteiger partial charge in [-0.3, -0.25) is 0 Å². The van der Waals surface area contributed by atoms with Crippen LogP contribution in [-0.4, -0.2) is 0 Å². The van der Waals surface area contributed by atoms with Crippen LogP contribution in [0, 0.1) is 111 Å². The zero-order valence-electron chi connectivity index (χ0n) is 91.0. The molecule has 5 aliphatic rings. The minimum Gasteiger partial charge on any atom is -0.135 e. The Morgan fingerprint density at radius 2 is 0.493 bits per heavy atom. The van der Waals surface area contributed by atoms with E-state index in [1.807, 2.05) is 34.0 Å². The van der Waals surface area contributed by atoms with Gasteiger partial charge >= 0.3 is 0 Å². The Bertz CT molecular complexity index is 8850. The van der Waals surface area contributed by atoms with E-state index in [1.165, 1.54) is 283 Å². The molecule has 0 spiro atoms. The predicted molar refractivity (Wildman–Crippen MR) is 653 cm³/mol. The molecule has 28 rings (SSSR count). The van der Waals surface area contributed by atoms with Crippen LogP contribution in [0.2, 0.25) is 0 Å². The summed E-state index contributed by atoms with van der Waals surface area (Å²) >= 11 is 5.68. The van der Waals surface area contributed by atoms with E-state index in [4.69, 9.17) is 0 Å². The van der Waals surface area contributed by atoms with Gasteiger partial charge in [0.25, 0.3) is 0 Å². The summed E-state index contributed by atoms with van der Waals surface area (Å²) in [5.74, 6) is 0. The summed E-state index contributed by atoms with van der Waals surface area (Å²) in [6, 6.07) is 151. The average Bonchev–Trinajstić information content (AvgIpc) is 1.53. The van der Waals surface area contributed by atoms with Gasteiger partial charge in [0, 0.05) is 76.8 Å². The molecule has 3 heterocycles. The average molecular weight is 2000 g/mol. The Labute approximate surface area is 901 Å². The second-order valence-electron chi connectivity index (χ2n) is 44.2. The Morgan fingerprint density at radius 3 is 1.02 bits per heavy atom. The van der Waals surface area contributed by atoms with Gasteiger partial charge < -0.3 is 0 Å². The molecule has 0 bridgehead atoms. The summed E-state index contributed by atoms with van der Waals surface area (Å²) in [4.78, 5) is 0. The normalized spacial score (nSPS) is 13.7. The van der Waals surface area contributed by atoms with Crippen LogP contribution in [0.5, 0.6) is 0 Å². The van der Waals surface area contributed by atoms with Crippen LogP contribution in [0.1, 0.15) is 208 Å². The highest BCUT2D eigenvalue weighted by Gasteiger charge is 2.49. The molecule has 0 amide bonds. The fourth-order valence-corrected chi connectivity index (χ4v) is 29.5. The molecular formula is C147H134S3. The summed E-state index contributed by atoms with van der Waals surface area (Å²) in [6.45, 7) is 49.1. The first kappa shape index (κ1) is 101. The van der Waals surface area contributed by atoms with E-state index in [9.17, 15) is 0 Å². The molecule has 0 fully saturated rings. The van der Waals surface area contributed by atoms with E-state index in [0.29, 0.717) is 0 Å². The molecule has 0 aliphatic heterocycles. The molecule has 3 heteroatoms. The summed E-state index contributed by atoms with van der Waals surface area (Å²) < 4.78 is 8.42. The van der Waals surface area contributed by atoms with E-state index < -0.39 is 0 Å². The van der Waals surface area contributed by atoms with Crippen LogP contribution in [0.25, 0.3) is 116 Å². The molecule has 740 valence electrons. The number of aryl methyl sites for hydroxylation is 16. The Morgan fingerprint density at radius 1 is 0.160 bits per heavy atom. The molecule has 23 aromatic rings. The highest BCUT2D eigenvalue weighted by atomic mass is 32.1. The Hall–Kier alpha value is -14.9. The molecule has 150 heavy (non-hydrogen) atoms. The first-order chi connectivity index (χ1) is 72.3. The SMILES string of the molecule is Cc1ccc(C)c2c1-c1ccccc1C2(C)C.Cc1ccc2c(c1)C(C)(C)c1cccc(C)c1-2.Cc1ccc2c(c1)C(c1ccccc1)(c1ccccc1)c1cc(C)ccc1-2.Cc1ccc2c(c1)C(c1ccccc1)(c1ccccc1)c1cccc(C)c1-2.Cc1ccc2c(c1)sc1c(C)cccc12.Cc1ccc2c(c1)sc1cccc(C)c12.Cc1ccc2sc3cccc(C)c3c2c1.Cc1cccc2c1C(C)(C)c1c(C)cccc1-2. The van der Waals surface area contributed by atoms with Crippen molar-refractivity contribution in [3.63, 3.8) is 0 Å². The number of hydrogen-bond donors (Lipinski definition) is 0. The third kappa shape index (κ3) is 17.7. The second kappa shape index (κ2) is 40.5. The minimum atomic E-state index is -0.273. The van der Waals surface area contributed by atoms with Crippen LogP contribution in [0.3, 0.4) is 0 Å². The summed E-state index contributed by atoms with van der Waals surface area (Å²) in [6.07, 6.45) is 0. The highest BCUT2D eigenvalue weighted by Crippen LogP contribution is 2.61. The third-order valence-corrected chi connectivity index (χ3v) is 36.2. The zero-order chi connectivity index (χ0) is 105. The molecule has 0 unspecified atom stereocenters. The van der Waals surface area contributed by atoms with E-state index in [-0.39, 0.29) is 27.1 Å². The zero-order valence-corrected chi connectivity index (χ0v) is 93.4. The maximum Gasteiger partial charge on any atom is 0.0713 e. The quantitative estimate of drug-likeness (QED) is 0.165. The number of rotatable bonds is 4. The number of benzene rings is 20. The Balaban J connectivity index is 0.000000101. The monoisotopic (exact) mass is 1990 g/mol. The van der Waals surface area contributed by atoms with Crippen LogP contribution in [0.15, 0.2) is 413 Å². The van der Waals surface area contributed by atoms with Crippen LogP contribution in [-0.2, 0) is 27.1 Å². The summed E-state index contributed by atoms with van der Waals surface area (Å²) in [7, 11) is 0. The second-order valence-corrected chi connectivity index (χ2v) is 47.4. The lowest BCUT2D eigenvalue weighted by atomic mass is 9.67. The van der Waals surface area contributed by atoms with Gasteiger partial charge in [0.1, 0.15) is 0 Å². The fraction of sp³-hybridized carbons (Fsp3) is 0.184. The van der Waals surface area contributed by atoms with Crippen LogP contribution >= 0.6 is 34.0 Å². The van der Waals surface area contributed by atoms with Crippen molar-refractivity contribution in [2.45, 2.75) is 179 Å². The molecule has 3 aromatic heterocycles. The molecule has 0 atom stereocenters. The number of thiophene rings is 3. The third-order valence-electron chi connectivity index (χ3n) is 32.6. The van der Waals surface area contributed by atoms with Crippen LogP contribution in [0.4, 0.5) is 0 Å². The molecule has 5 aliphatic carbocycles. The molecular weight excluding hydrogens is 1860 g/mol. The van der Waals surface area contributed by atoms with Gasteiger partial charge in [-0.1, -0.05) is 445 Å². The van der Waals surface area contributed by atoms with Crippen molar-refractivity contribution in [2.75, 3.05) is 0 Å². The van der Waals surface area contributed by atoms with Gasteiger partial charge in [0.15, 0.2) is 0 Å². The summed E-state index contributed by atoms with van der Waals surface area (Å²) in [5, 5.41) is 8.46. The lowest BCUT2D eigenvalue weighted by molar-refractivity contribution is 0.651. The van der Waals surface area contributed by atoms with Crippen molar-refractivity contribution in [2.24, 2.45) is 0 Å². The van der Waals surface area contributed by atoms with Gasteiger partial charge in [-0.25, -0.2) is 0 Å². The molecule has 0 saturated carbocycles. The molecule has 0 radical (unpaired) electrons. The first-order valence-electron chi connectivity index (χ1n) is 53.2. The van der Waals surface area contributed by atoms with E-state index >= 15 is 0 Å². The Kier molecular flexibility index (Phi) is 27.3. The van der Waals surface area contributed by atoms with Gasteiger partial charge in [-0.2, -0.15) is 0 Å². The lowest BCUT2D eigenvalue weighted by Crippen LogP contribution is -2.28. The van der Waals surface area contributed by atoms with E-state index in [0.717, 1.165) is 0 Å². The predicted octanol–water partition coefficient (Wildman–Crippen LogP) is 41.2. The van der Waals surface area contributed by atoms with Crippen molar-refractivity contribution in [3.8, 4) is 55.6 Å². The molecule has 0 N–H and O–H groups in total.